The Morgan fingerprint density at radius 3 is 3.05 bits per heavy atom. The highest BCUT2D eigenvalue weighted by Gasteiger charge is 2.20. The second kappa shape index (κ2) is 5.29. The first-order chi connectivity index (χ1) is 10.8. The first kappa shape index (κ1) is 13.6. The number of hydrogen-bond donors (Lipinski definition) is 1. The summed E-state index contributed by atoms with van der Waals surface area (Å²) in [6.45, 7) is 2.89. The molecule has 0 amide bonds. The molecule has 1 atom stereocenters. The molecule has 0 spiro atoms. The van der Waals surface area contributed by atoms with Crippen LogP contribution in [0.15, 0.2) is 30.5 Å². The monoisotopic (exact) mass is 296 g/mol. The van der Waals surface area contributed by atoms with Crippen molar-refractivity contribution in [1.82, 2.24) is 9.78 Å². The van der Waals surface area contributed by atoms with Gasteiger partial charge >= 0.3 is 0 Å². The number of aromatic nitrogens is 2. The van der Waals surface area contributed by atoms with Gasteiger partial charge in [0.05, 0.1) is 17.1 Å². The summed E-state index contributed by atoms with van der Waals surface area (Å²) in [7, 11) is 0. The van der Waals surface area contributed by atoms with Gasteiger partial charge in [-0.1, -0.05) is 25.1 Å². The number of ether oxygens (including phenoxy) is 1. The molecule has 1 N–H and O–H groups in total. The Labute approximate surface area is 129 Å². The predicted octanol–water partition coefficient (Wildman–Crippen LogP) is 4.16. The third-order valence-electron chi connectivity index (χ3n) is 4.61. The number of rotatable bonds is 2. The average molecular weight is 296 g/mol. The first-order valence-electron chi connectivity index (χ1n) is 8.02. The van der Waals surface area contributed by atoms with Gasteiger partial charge in [-0.25, -0.2) is 4.68 Å². The largest absolute Gasteiger partial charge is 0.507 e. The van der Waals surface area contributed by atoms with Crippen LogP contribution < -0.4 is 0 Å². The third kappa shape index (κ3) is 1.98. The zero-order valence-corrected chi connectivity index (χ0v) is 12.7. The normalized spacial score (nSPS) is 19.0. The molecular weight excluding hydrogens is 276 g/mol. The van der Waals surface area contributed by atoms with Crippen molar-refractivity contribution >= 4 is 21.7 Å². The fourth-order valence-electron chi connectivity index (χ4n) is 3.45. The molecule has 114 valence electrons. The Balaban J connectivity index is 1.96. The minimum Gasteiger partial charge on any atom is -0.507 e. The number of phenols is 1. The molecule has 0 radical (unpaired) electrons. The number of aryl methyl sites for hydroxylation is 1. The van der Waals surface area contributed by atoms with E-state index in [1.807, 2.05) is 16.8 Å². The second-order valence-electron chi connectivity index (χ2n) is 5.94. The van der Waals surface area contributed by atoms with E-state index in [0.29, 0.717) is 5.75 Å². The highest BCUT2D eigenvalue weighted by molar-refractivity contribution is 6.05. The van der Waals surface area contributed by atoms with E-state index < -0.39 is 0 Å². The summed E-state index contributed by atoms with van der Waals surface area (Å²) in [6, 6.07) is 8.29. The SMILES string of the molecule is CCc1cccc2cc3c(cnn3C3CCCCO3)c(O)c12. The average Bonchev–Trinajstić information content (AvgIpc) is 2.99. The van der Waals surface area contributed by atoms with E-state index >= 15 is 0 Å². The Hall–Kier alpha value is -2.07. The van der Waals surface area contributed by atoms with Gasteiger partial charge in [-0.15, -0.1) is 0 Å². The van der Waals surface area contributed by atoms with Crippen LogP contribution in [-0.2, 0) is 11.2 Å². The number of phenolic OH excluding ortho intramolecular Hbond substituents is 1. The van der Waals surface area contributed by atoms with Gasteiger partial charge in [0.1, 0.15) is 5.75 Å². The Bertz CT molecular complexity index is 832. The van der Waals surface area contributed by atoms with Crippen molar-refractivity contribution in [3.8, 4) is 5.75 Å². The van der Waals surface area contributed by atoms with E-state index in [1.165, 1.54) is 5.56 Å². The van der Waals surface area contributed by atoms with Gasteiger partial charge in [-0.05, 0) is 42.7 Å². The number of nitrogens with zero attached hydrogens (tertiary/aromatic N) is 2. The highest BCUT2D eigenvalue weighted by Crippen LogP contribution is 2.37. The van der Waals surface area contributed by atoms with E-state index in [-0.39, 0.29) is 6.23 Å². The quantitative estimate of drug-likeness (QED) is 0.772. The van der Waals surface area contributed by atoms with Gasteiger partial charge in [0.25, 0.3) is 0 Å². The third-order valence-corrected chi connectivity index (χ3v) is 4.61. The maximum Gasteiger partial charge on any atom is 0.150 e. The summed E-state index contributed by atoms with van der Waals surface area (Å²) in [6.07, 6.45) is 5.89. The van der Waals surface area contributed by atoms with Crippen molar-refractivity contribution in [1.29, 1.82) is 0 Å². The minimum absolute atomic E-state index is 0.0162. The zero-order chi connectivity index (χ0) is 15.1. The van der Waals surface area contributed by atoms with Crippen LogP contribution in [0, 0.1) is 0 Å². The van der Waals surface area contributed by atoms with Crippen molar-refractivity contribution < 1.29 is 9.84 Å². The lowest BCUT2D eigenvalue weighted by atomic mass is 10.00. The van der Waals surface area contributed by atoms with Gasteiger partial charge in [-0.3, -0.25) is 0 Å². The molecule has 2 heterocycles. The zero-order valence-electron chi connectivity index (χ0n) is 12.7. The molecule has 1 aromatic heterocycles. The van der Waals surface area contributed by atoms with Gasteiger partial charge in [0, 0.05) is 12.0 Å². The number of fused-ring (bicyclic) bond motifs is 2. The fourth-order valence-corrected chi connectivity index (χ4v) is 3.45. The van der Waals surface area contributed by atoms with Crippen LogP contribution in [0.4, 0.5) is 0 Å². The van der Waals surface area contributed by atoms with Gasteiger partial charge in [-0.2, -0.15) is 5.10 Å². The molecule has 22 heavy (non-hydrogen) atoms. The topological polar surface area (TPSA) is 47.3 Å². The molecular formula is C18H20N2O2. The van der Waals surface area contributed by atoms with E-state index in [0.717, 1.165) is 54.0 Å². The molecule has 1 fully saturated rings. The smallest absolute Gasteiger partial charge is 0.150 e. The summed E-state index contributed by atoms with van der Waals surface area (Å²) in [5.74, 6) is 0.340. The molecule has 1 aliphatic heterocycles. The van der Waals surface area contributed by atoms with Crippen LogP contribution in [0.25, 0.3) is 21.7 Å². The number of aromatic hydroxyl groups is 1. The van der Waals surface area contributed by atoms with Gasteiger partial charge < -0.3 is 9.84 Å². The van der Waals surface area contributed by atoms with E-state index in [1.54, 1.807) is 6.20 Å². The van der Waals surface area contributed by atoms with E-state index in [2.05, 4.69) is 24.2 Å². The van der Waals surface area contributed by atoms with Crippen LogP contribution >= 0.6 is 0 Å². The van der Waals surface area contributed by atoms with Gasteiger partial charge in [0.2, 0.25) is 0 Å². The number of benzene rings is 2. The van der Waals surface area contributed by atoms with Crippen LogP contribution in [0.5, 0.6) is 5.75 Å². The highest BCUT2D eigenvalue weighted by atomic mass is 16.5. The first-order valence-corrected chi connectivity index (χ1v) is 8.02. The number of hydrogen-bond acceptors (Lipinski definition) is 3. The second-order valence-corrected chi connectivity index (χ2v) is 5.94. The lowest BCUT2D eigenvalue weighted by Gasteiger charge is -2.23. The van der Waals surface area contributed by atoms with Crippen LogP contribution in [0.1, 0.15) is 38.0 Å². The molecule has 4 heteroatoms. The summed E-state index contributed by atoms with van der Waals surface area (Å²) in [5.41, 5.74) is 2.11. The summed E-state index contributed by atoms with van der Waals surface area (Å²) >= 11 is 0. The maximum absolute atomic E-state index is 10.7. The van der Waals surface area contributed by atoms with Crippen LogP contribution in [0.2, 0.25) is 0 Å². The minimum atomic E-state index is -0.0162. The molecule has 0 saturated carbocycles. The predicted molar refractivity (Wildman–Crippen MR) is 87.1 cm³/mol. The van der Waals surface area contributed by atoms with E-state index in [9.17, 15) is 5.11 Å². The lowest BCUT2D eigenvalue weighted by molar-refractivity contribution is -0.0366. The van der Waals surface area contributed by atoms with Crippen molar-refractivity contribution in [3.63, 3.8) is 0 Å². The molecule has 2 aromatic carbocycles. The maximum atomic E-state index is 10.7. The van der Waals surface area contributed by atoms with Crippen molar-refractivity contribution in [2.45, 2.75) is 38.8 Å². The molecule has 1 aliphatic rings. The van der Waals surface area contributed by atoms with Crippen LogP contribution in [0.3, 0.4) is 0 Å². The standard InChI is InChI=1S/C18H20N2O2/c1-2-12-6-5-7-13-10-15-14(18(21)17(12)13)11-19-20(15)16-8-3-4-9-22-16/h5-7,10-11,16,21H,2-4,8-9H2,1H3. The Kier molecular flexibility index (Phi) is 3.26. The molecule has 1 saturated heterocycles. The van der Waals surface area contributed by atoms with Crippen molar-refractivity contribution in [2.24, 2.45) is 0 Å². The molecule has 1 unspecified atom stereocenters. The summed E-state index contributed by atoms with van der Waals surface area (Å²) in [4.78, 5) is 0. The van der Waals surface area contributed by atoms with E-state index in [4.69, 9.17) is 4.74 Å². The summed E-state index contributed by atoms with van der Waals surface area (Å²) in [5, 5.41) is 18.0. The summed E-state index contributed by atoms with van der Waals surface area (Å²) < 4.78 is 7.77. The van der Waals surface area contributed by atoms with Crippen molar-refractivity contribution in [2.75, 3.05) is 6.61 Å². The van der Waals surface area contributed by atoms with Crippen LogP contribution in [-0.4, -0.2) is 21.5 Å². The fraction of sp³-hybridized carbons (Fsp3) is 0.389. The molecule has 0 bridgehead atoms. The lowest BCUT2D eigenvalue weighted by Crippen LogP contribution is -2.18. The Morgan fingerprint density at radius 1 is 1.36 bits per heavy atom. The molecule has 4 nitrogen and oxygen atoms in total. The molecule has 0 aliphatic carbocycles. The molecule has 3 aromatic rings. The van der Waals surface area contributed by atoms with Crippen molar-refractivity contribution in [3.05, 3.63) is 36.0 Å². The molecule has 4 rings (SSSR count). The van der Waals surface area contributed by atoms with Gasteiger partial charge in [0.15, 0.2) is 6.23 Å². The Morgan fingerprint density at radius 2 is 2.27 bits per heavy atom.